The molecule has 1 aromatic heterocycles. The highest BCUT2D eigenvalue weighted by Gasteiger charge is 2.28. The second-order valence-corrected chi connectivity index (χ2v) is 6.33. The SMILES string of the molecule is Cc1nc(C(=O)N2CCNC[C@@H]2C)nn1-c1c(Cl)cccc1Cl.Cl. The number of piperazine rings is 1. The van der Waals surface area contributed by atoms with Crippen molar-refractivity contribution in [3.05, 3.63) is 39.9 Å². The van der Waals surface area contributed by atoms with Crippen LogP contribution in [0, 0.1) is 6.92 Å². The number of nitrogens with one attached hydrogen (secondary N) is 1. The Morgan fingerprint density at radius 3 is 2.62 bits per heavy atom. The van der Waals surface area contributed by atoms with E-state index in [1.54, 1.807) is 30.0 Å². The monoisotopic (exact) mass is 389 g/mol. The lowest BCUT2D eigenvalue weighted by molar-refractivity contribution is 0.0643. The summed E-state index contributed by atoms with van der Waals surface area (Å²) >= 11 is 12.4. The molecule has 3 rings (SSSR count). The lowest BCUT2D eigenvalue weighted by Crippen LogP contribution is -2.52. The van der Waals surface area contributed by atoms with Crippen LogP contribution in [0.1, 0.15) is 23.4 Å². The Bertz CT molecular complexity index is 728. The summed E-state index contributed by atoms with van der Waals surface area (Å²) in [7, 11) is 0. The highest BCUT2D eigenvalue weighted by molar-refractivity contribution is 6.37. The van der Waals surface area contributed by atoms with Crippen LogP contribution in [0.2, 0.25) is 10.0 Å². The molecule has 1 atom stereocenters. The third-order valence-electron chi connectivity index (χ3n) is 3.87. The van der Waals surface area contributed by atoms with E-state index in [0.717, 1.165) is 13.1 Å². The number of hydrogen-bond donors (Lipinski definition) is 1. The zero-order chi connectivity index (χ0) is 16.6. The summed E-state index contributed by atoms with van der Waals surface area (Å²) in [6, 6.07) is 5.31. The van der Waals surface area contributed by atoms with Crippen LogP contribution in [-0.2, 0) is 0 Å². The van der Waals surface area contributed by atoms with Gasteiger partial charge in [0.05, 0.1) is 10.0 Å². The first-order chi connectivity index (χ1) is 11.0. The summed E-state index contributed by atoms with van der Waals surface area (Å²) in [5.41, 5.74) is 0.535. The third kappa shape index (κ3) is 3.52. The molecule has 2 aromatic rings. The number of hydrogen-bond acceptors (Lipinski definition) is 4. The third-order valence-corrected chi connectivity index (χ3v) is 4.48. The van der Waals surface area contributed by atoms with Crippen LogP contribution in [0.3, 0.4) is 0 Å². The van der Waals surface area contributed by atoms with Gasteiger partial charge < -0.3 is 10.2 Å². The molecule has 0 saturated carbocycles. The molecule has 0 radical (unpaired) electrons. The van der Waals surface area contributed by atoms with Crippen molar-refractivity contribution in [1.82, 2.24) is 25.0 Å². The summed E-state index contributed by atoms with van der Waals surface area (Å²) in [6.45, 7) is 5.94. The smallest absolute Gasteiger partial charge is 0.293 e. The predicted molar refractivity (Wildman–Crippen MR) is 96.7 cm³/mol. The van der Waals surface area contributed by atoms with E-state index >= 15 is 0 Å². The fraction of sp³-hybridized carbons (Fsp3) is 0.400. The molecule has 9 heteroatoms. The van der Waals surface area contributed by atoms with Gasteiger partial charge >= 0.3 is 0 Å². The molecule has 0 bridgehead atoms. The van der Waals surface area contributed by atoms with E-state index in [-0.39, 0.29) is 30.2 Å². The molecule has 1 N–H and O–H groups in total. The lowest BCUT2D eigenvalue weighted by Gasteiger charge is -2.33. The minimum Gasteiger partial charge on any atom is -0.331 e. The second-order valence-electron chi connectivity index (χ2n) is 5.52. The Labute approximate surface area is 156 Å². The molecular formula is C15H18Cl3N5O. The summed E-state index contributed by atoms with van der Waals surface area (Å²) < 4.78 is 1.52. The van der Waals surface area contributed by atoms with Gasteiger partial charge in [-0.15, -0.1) is 17.5 Å². The summed E-state index contributed by atoms with van der Waals surface area (Å²) in [5.74, 6) is 0.544. The molecule has 130 valence electrons. The Morgan fingerprint density at radius 2 is 2.00 bits per heavy atom. The number of para-hydroxylation sites is 1. The van der Waals surface area contributed by atoms with E-state index in [4.69, 9.17) is 23.2 Å². The Kier molecular flexibility index (Phi) is 6.09. The summed E-state index contributed by atoms with van der Waals surface area (Å²) in [6.07, 6.45) is 0. The molecule has 1 saturated heterocycles. The number of benzene rings is 1. The molecule has 2 heterocycles. The van der Waals surface area contributed by atoms with Crippen LogP contribution >= 0.6 is 35.6 Å². The average Bonchev–Trinajstić information content (AvgIpc) is 2.89. The molecule has 24 heavy (non-hydrogen) atoms. The van der Waals surface area contributed by atoms with Crippen LogP contribution in [0.5, 0.6) is 0 Å². The molecule has 0 aliphatic carbocycles. The molecule has 1 aromatic carbocycles. The van der Waals surface area contributed by atoms with Gasteiger partial charge in [-0.25, -0.2) is 9.67 Å². The Morgan fingerprint density at radius 1 is 1.33 bits per heavy atom. The summed E-state index contributed by atoms with van der Waals surface area (Å²) in [5, 5.41) is 8.51. The van der Waals surface area contributed by atoms with E-state index in [1.807, 2.05) is 6.92 Å². The molecular weight excluding hydrogens is 373 g/mol. The van der Waals surface area contributed by atoms with Crippen LogP contribution in [0.25, 0.3) is 5.69 Å². The quantitative estimate of drug-likeness (QED) is 0.856. The highest BCUT2D eigenvalue weighted by Crippen LogP contribution is 2.28. The number of carbonyl (C=O) groups is 1. The maximum absolute atomic E-state index is 12.7. The van der Waals surface area contributed by atoms with Crippen molar-refractivity contribution in [2.45, 2.75) is 19.9 Å². The normalized spacial score (nSPS) is 17.5. The van der Waals surface area contributed by atoms with Gasteiger partial charge in [0, 0.05) is 25.7 Å². The number of nitrogens with zero attached hydrogens (tertiary/aromatic N) is 4. The van der Waals surface area contributed by atoms with Gasteiger partial charge in [0.2, 0.25) is 5.82 Å². The maximum Gasteiger partial charge on any atom is 0.293 e. The largest absolute Gasteiger partial charge is 0.331 e. The van der Waals surface area contributed by atoms with Gasteiger partial charge in [-0.3, -0.25) is 4.79 Å². The van der Waals surface area contributed by atoms with Gasteiger partial charge in [-0.1, -0.05) is 29.3 Å². The van der Waals surface area contributed by atoms with Crippen molar-refractivity contribution in [3.8, 4) is 5.69 Å². The maximum atomic E-state index is 12.7. The fourth-order valence-corrected chi connectivity index (χ4v) is 3.21. The lowest BCUT2D eigenvalue weighted by atomic mass is 10.2. The van der Waals surface area contributed by atoms with E-state index in [2.05, 4.69) is 15.4 Å². The summed E-state index contributed by atoms with van der Waals surface area (Å²) in [4.78, 5) is 18.8. The first-order valence-corrected chi connectivity index (χ1v) is 8.14. The van der Waals surface area contributed by atoms with E-state index in [9.17, 15) is 4.79 Å². The van der Waals surface area contributed by atoms with Gasteiger partial charge in [-0.2, -0.15) is 0 Å². The van der Waals surface area contributed by atoms with Crippen molar-refractivity contribution in [2.24, 2.45) is 0 Å². The second kappa shape index (κ2) is 7.70. The van der Waals surface area contributed by atoms with Crippen LogP contribution in [-0.4, -0.2) is 51.2 Å². The molecule has 1 aliphatic heterocycles. The van der Waals surface area contributed by atoms with E-state index < -0.39 is 0 Å². The first-order valence-electron chi connectivity index (χ1n) is 7.38. The van der Waals surface area contributed by atoms with Crippen molar-refractivity contribution in [2.75, 3.05) is 19.6 Å². The standard InChI is InChI=1S/C15H17Cl2N5O.ClH/c1-9-8-18-6-7-21(9)15(23)14-19-10(2)22(20-14)13-11(16)4-3-5-12(13)17;/h3-5,9,18H,6-8H2,1-2H3;1H/t9-;/m0./s1. The highest BCUT2D eigenvalue weighted by atomic mass is 35.5. The van der Waals surface area contributed by atoms with Gasteiger partial charge in [-0.05, 0) is 26.0 Å². The van der Waals surface area contributed by atoms with Gasteiger partial charge in [0.1, 0.15) is 11.5 Å². The Balaban J connectivity index is 0.00000208. The van der Waals surface area contributed by atoms with E-state index in [0.29, 0.717) is 28.1 Å². The predicted octanol–water partition coefficient (Wildman–Crippen LogP) is 2.74. The topological polar surface area (TPSA) is 63.1 Å². The van der Waals surface area contributed by atoms with Crippen LogP contribution in [0.4, 0.5) is 0 Å². The minimum atomic E-state index is -0.177. The van der Waals surface area contributed by atoms with Crippen molar-refractivity contribution < 1.29 is 4.79 Å². The zero-order valence-corrected chi connectivity index (χ0v) is 15.6. The number of amides is 1. The van der Waals surface area contributed by atoms with Gasteiger partial charge in [0.15, 0.2) is 0 Å². The number of aryl methyl sites for hydroxylation is 1. The number of aromatic nitrogens is 3. The first kappa shape index (κ1) is 19.0. The van der Waals surface area contributed by atoms with Crippen molar-refractivity contribution >= 4 is 41.5 Å². The molecule has 6 nitrogen and oxygen atoms in total. The fourth-order valence-electron chi connectivity index (χ4n) is 2.66. The number of rotatable bonds is 2. The molecule has 0 spiro atoms. The average molecular weight is 391 g/mol. The zero-order valence-electron chi connectivity index (χ0n) is 13.3. The minimum absolute atomic E-state index is 0. The molecule has 1 fully saturated rings. The van der Waals surface area contributed by atoms with E-state index in [1.165, 1.54) is 4.68 Å². The Hall–Kier alpha value is -1.34. The molecule has 1 amide bonds. The van der Waals surface area contributed by atoms with Crippen LogP contribution in [0.15, 0.2) is 18.2 Å². The molecule has 1 aliphatic rings. The van der Waals surface area contributed by atoms with Crippen molar-refractivity contribution in [1.29, 1.82) is 0 Å². The number of carbonyl (C=O) groups excluding carboxylic acids is 1. The molecule has 0 unspecified atom stereocenters. The van der Waals surface area contributed by atoms with Gasteiger partial charge in [0.25, 0.3) is 5.91 Å². The van der Waals surface area contributed by atoms with Crippen molar-refractivity contribution in [3.63, 3.8) is 0 Å². The number of halogens is 3. The van der Waals surface area contributed by atoms with Crippen LogP contribution < -0.4 is 5.32 Å².